The number of hydrogen-bond donors (Lipinski definition) is 2. The topological polar surface area (TPSA) is 92.2 Å². The lowest BCUT2D eigenvalue weighted by Gasteiger charge is -2.03. The molecule has 0 radical (unpaired) electrons. The highest BCUT2D eigenvalue weighted by molar-refractivity contribution is 7.15. The Morgan fingerprint density at radius 2 is 2.20 bits per heavy atom. The third-order valence-corrected chi connectivity index (χ3v) is 2.75. The van der Waals surface area contributed by atoms with Crippen molar-refractivity contribution in [3.05, 3.63) is 5.01 Å². The van der Waals surface area contributed by atoms with Crippen molar-refractivity contribution in [3.8, 4) is 0 Å². The summed E-state index contributed by atoms with van der Waals surface area (Å²) in [5.41, 5.74) is 0. The summed E-state index contributed by atoms with van der Waals surface area (Å²) in [4.78, 5) is 21.8. The first-order chi connectivity index (χ1) is 7.04. The van der Waals surface area contributed by atoms with Gasteiger partial charge in [-0.1, -0.05) is 18.3 Å². The number of nitrogens with one attached hydrogen (secondary N) is 1. The van der Waals surface area contributed by atoms with Crippen LogP contribution in [0.1, 0.15) is 18.9 Å². The van der Waals surface area contributed by atoms with Gasteiger partial charge in [0.1, 0.15) is 10.9 Å². The molecule has 0 bridgehead atoms. The number of amides is 1. The number of aryl methyl sites for hydroxylation is 1. The van der Waals surface area contributed by atoms with Crippen LogP contribution in [0.5, 0.6) is 0 Å². The van der Waals surface area contributed by atoms with E-state index in [0.717, 1.165) is 11.4 Å². The number of hydrogen-bond acceptors (Lipinski definition) is 5. The molecule has 7 heteroatoms. The van der Waals surface area contributed by atoms with E-state index in [4.69, 9.17) is 5.11 Å². The first kappa shape index (κ1) is 11.6. The van der Waals surface area contributed by atoms with Crippen LogP contribution < -0.4 is 5.32 Å². The molecule has 2 N–H and O–H groups in total. The van der Waals surface area contributed by atoms with Gasteiger partial charge in [-0.15, -0.1) is 10.2 Å². The van der Waals surface area contributed by atoms with Crippen molar-refractivity contribution >= 4 is 28.3 Å². The summed E-state index contributed by atoms with van der Waals surface area (Å²) in [6, 6.07) is 0. The Kier molecular flexibility index (Phi) is 3.73. The smallest absolute Gasteiger partial charge is 0.315 e. The molecule has 0 spiro atoms. The van der Waals surface area contributed by atoms with Crippen LogP contribution in [-0.2, 0) is 16.0 Å². The van der Waals surface area contributed by atoms with Crippen LogP contribution in [0, 0.1) is 5.92 Å². The summed E-state index contributed by atoms with van der Waals surface area (Å²) in [5.74, 6) is -2.83. The molecule has 82 valence electrons. The van der Waals surface area contributed by atoms with E-state index >= 15 is 0 Å². The third-order valence-electron chi connectivity index (χ3n) is 1.76. The maximum atomic E-state index is 11.3. The molecule has 0 aliphatic heterocycles. The predicted octanol–water partition coefficient (Wildman–Crippen LogP) is 0.760. The van der Waals surface area contributed by atoms with E-state index in [1.54, 1.807) is 0 Å². The highest BCUT2D eigenvalue weighted by Gasteiger charge is 2.21. The van der Waals surface area contributed by atoms with E-state index < -0.39 is 17.8 Å². The van der Waals surface area contributed by atoms with Gasteiger partial charge in [0.15, 0.2) is 0 Å². The molecule has 15 heavy (non-hydrogen) atoms. The molecule has 1 unspecified atom stereocenters. The Morgan fingerprint density at radius 1 is 1.53 bits per heavy atom. The Bertz CT molecular complexity index is 377. The van der Waals surface area contributed by atoms with Crippen molar-refractivity contribution < 1.29 is 14.7 Å². The highest BCUT2D eigenvalue weighted by Crippen LogP contribution is 2.16. The number of aliphatic carboxylic acids is 1. The monoisotopic (exact) mass is 229 g/mol. The van der Waals surface area contributed by atoms with E-state index in [0.29, 0.717) is 5.13 Å². The number of rotatable bonds is 4. The molecule has 1 aromatic heterocycles. The third kappa shape index (κ3) is 2.98. The summed E-state index contributed by atoms with van der Waals surface area (Å²) in [6.45, 7) is 3.24. The molecule has 0 aliphatic rings. The van der Waals surface area contributed by atoms with Gasteiger partial charge in [-0.2, -0.15) is 0 Å². The second-order valence-electron chi connectivity index (χ2n) is 2.90. The van der Waals surface area contributed by atoms with Gasteiger partial charge in [0.2, 0.25) is 11.0 Å². The van der Waals surface area contributed by atoms with Crippen LogP contribution >= 0.6 is 11.3 Å². The standard InChI is InChI=1S/C8H11N3O3S/c1-3-5-10-11-8(15-5)9-6(12)4(2)7(13)14/h4H,3H2,1-2H3,(H,13,14)(H,9,11,12). The van der Waals surface area contributed by atoms with Gasteiger partial charge in [0.05, 0.1) is 0 Å². The van der Waals surface area contributed by atoms with Crippen molar-refractivity contribution in [2.24, 2.45) is 5.92 Å². The number of carboxylic acid groups (broad SMARTS) is 1. The fraction of sp³-hybridized carbons (Fsp3) is 0.500. The zero-order valence-electron chi connectivity index (χ0n) is 8.35. The van der Waals surface area contributed by atoms with Gasteiger partial charge in [-0.3, -0.25) is 14.9 Å². The average Bonchev–Trinajstić information content (AvgIpc) is 2.64. The molecule has 6 nitrogen and oxygen atoms in total. The highest BCUT2D eigenvalue weighted by atomic mass is 32.1. The molecule has 0 aromatic carbocycles. The molecule has 1 amide bonds. The SMILES string of the molecule is CCc1nnc(NC(=O)C(C)C(=O)O)s1. The van der Waals surface area contributed by atoms with E-state index in [-0.39, 0.29) is 0 Å². The summed E-state index contributed by atoms with van der Waals surface area (Å²) in [7, 11) is 0. The van der Waals surface area contributed by atoms with Gasteiger partial charge in [-0.05, 0) is 13.3 Å². The minimum Gasteiger partial charge on any atom is -0.481 e. The van der Waals surface area contributed by atoms with Gasteiger partial charge < -0.3 is 5.11 Å². The Morgan fingerprint density at radius 3 is 2.67 bits per heavy atom. The van der Waals surface area contributed by atoms with E-state index in [1.165, 1.54) is 18.3 Å². The predicted molar refractivity (Wildman–Crippen MR) is 54.7 cm³/mol. The lowest BCUT2D eigenvalue weighted by atomic mass is 10.2. The van der Waals surface area contributed by atoms with Gasteiger partial charge in [-0.25, -0.2) is 0 Å². The number of carbonyl (C=O) groups excluding carboxylic acids is 1. The number of carboxylic acids is 1. The van der Waals surface area contributed by atoms with Crippen LogP contribution in [-0.4, -0.2) is 27.2 Å². The number of nitrogens with zero attached hydrogens (tertiary/aromatic N) is 2. The fourth-order valence-electron chi connectivity index (χ4n) is 0.773. The Labute approximate surface area is 90.3 Å². The van der Waals surface area contributed by atoms with E-state index in [1.807, 2.05) is 6.92 Å². The average molecular weight is 229 g/mol. The molecule has 1 rings (SSSR count). The number of carbonyl (C=O) groups is 2. The van der Waals surface area contributed by atoms with Crippen molar-refractivity contribution in [2.45, 2.75) is 20.3 Å². The van der Waals surface area contributed by atoms with Crippen LogP contribution in [0.3, 0.4) is 0 Å². The molecule has 1 aromatic rings. The molecule has 1 heterocycles. The lowest BCUT2D eigenvalue weighted by molar-refractivity contribution is -0.144. The molecule has 0 saturated carbocycles. The Balaban J connectivity index is 2.62. The summed E-state index contributed by atoms with van der Waals surface area (Å²) >= 11 is 1.24. The van der Waals surface area contributed by atoms with E-state index in [9.17, 15) is 9.59 Å². The van der Waals surface area contributed by atoms with Crippen LogP contribution in [0.15, 0.2) is 0 Å². The second kappa shape index (κ2) is 4.83. The molecule has 1 atom stereocenters. The van der Waals surface area contributed by atoms with Crippen LogP contribution in [0.25, 0.3) is 0 Å². The van der Waals surface area contributed by atoms with Gasteiger partial charge in [0.25, 0.3) is 0 Å². The van der Waals surface area contributed by atoms with Crippen molar-refractivity contribution in [1.29, 1.82) is 0 Å². The summed E-state index contributed by atoms with van der Waals surface area (Å²) in [5, 5.41) is 19.6. The zero-order chi connectivity index (χ0) is 11.4. The molecular weight excluding hydrogens is 218 g/mol. The maximum Gasteiger partial charge on any atom is 0.315 e. The fourth-order valence-corrected chi connectivity index (χ4v) is 1.46. The second-order valence-corrected chi connectivity index (χ2v) is 3.97. The van der Waals surface area contributed by atoms with Gasteiger partial charge >= 0.3 is 5.97 Å². The number of anilines is 1. The van der Waals surface area contributed by atoms with Crippen molar-refractivity contribution in [2.75, 3.05) is 5.32 Å². The number of aromatic nitrogens is 2. The van der Waals surface area contributed by atoms with Crippen molar-refractivity contribution in [3.63, 3.8) is 0 Å². The largest absolute Gasteiger partial charge is 0.481 e. The first-order valence-electron chi connectivity index (χ1n) is 4.40. The van der Waals surface area contributed by atoms with Crippen LogP contribution in [0.2, 0.25) is 0 Å². The molecular formula is C8H11N3O3S. The zero-order valence-corrected chi connectivity index (χ0v) is 9.17. The minimum atomic E-state index is -1.16. The lowest BCUT2D eigenvalue weighted by Crippen LogP contribution is -2.26. The Hall–Kier alpha value is -1.50. The van der Waals surface area contributed by atoms with Crippen molar-refractivity contribution in [1.82, 2.24) is 10.2 Å². The van der Waals surface area contributed by atoms with Gasteiger partial charge in [0, 0.05) is 0 Å². The summed E-state index contributed by atoms with van der Waals surface area (Å²) in [6.07, 6.45) is 0.738. The first-order valence-corrected chi connectivity index (χ1v) is 5.22. The molecule has 0 saturated heterocycles. The molecule has 0 aliphatic carbocycles. The minimum absolute atomic E-state index is 0.338. The normalized spacial score (nSPS) is 12.1. The van der Waals surface area contributed by atoms with E-state index in [2.05, 4.69) is 15.5 Å². The quantitative estimate of drug-likeness (QED) is 0.743. The van der Waals surface area contributed by atoms with Crippen LogP contribution in [0.4, 0.5) is 5.13 Å². The molecule has 0 fully saturated rings. The maximum absolute atomic E-state index is 11.3. The summed E-state index contributed by atoms with van der Waals surface area (Å²) < 4.78 is 0.